The van der Waals surface area contributed by atoms with E-state index in [-0.39, 0.29) is 39.0 Å². The van der Waals surface area contributed by atoms with Crippen LogP contribution in [-0.2, 0) is 39.0 Å². The summed E-state index contributed by atoms with van der Waals surface area (Å²) in [7, 11) is -3.39. The molecule has 0 atom stereocenters. The van der Waals surface area contributed by atoms with Gasteiger partial charge in [0.05, 0.1) is 0 Å². The van der Waals surface area contributed by atoms with E-state index >= 15 is 0 Å². The topological polar surface area (TPSA) is 0 Å². The van der Waals surface area contributed by atoms with Gasteiger partial charge in [0, 0.05) is 0 Å². The van der Waals surface area contributed by atoms with Crippen LogP contribution in [0.15, 0.2) is 243 Å². The van der Waals surface area contributed by atoms with Crippen LogP contribution < -0.4 is 42.4 Å². The van der Waals surface area contributed by atoms with E-state index in [1.54, 1.807) is 11.8 Å². The zero-order valence-corrected chi connectivity index (χ0v) is 55.7. The van der Waals surface area contributed by atoms with Crippen molar-refractivity contribution in [3.63, 3.8) is 0 Å². The zero-order valence-electron chi connectivity index (χ0n) is 48.2. The number of hydrogen-bond donors (Lipinski definition) is 0. The molecule has 0 unspecified atom stereocenters. The summed E-state index contributed by atoms with van der Waals surface area (Å²) >= 11 is 0. The standard InChI is InChI=1S/2C25H22P2.2C10H15.C4.2Ru/c2*1-5-13-22(14-6-1)26(23-15-7-2-8-16-23)21-27(24-17-9-3-10-18-24)25-19-11-4-12-20-25;2*1-6-7(2)9(4)10(5)8(6)3;1-3-4-2;;/h2*1-20H,21H2;2*1-5H3;;;/q;;2*-1;-2;2*+6/p+4. The molecular weight excluding hydrogens is 1210 g/mol. The summed E-state index contributed by atoms with van der Waals surface area (Å²) in [4.78, 5) is 0. The van der Waals surface area contributed by atoms with Crippen molar-refractivity contribution in [2.24, 2.45) is 0 Å². The van der Waals surface area contributed by atoms with Crippen molar-refractivity contribution < 1.29 is 39.0 Å². The Labute approximate surface area is 513 Å². The maximum atomic E-state index is 5.90. The summed E-state index contributed by atoms with van der Waals surface area (Å²) in [6.45, 7) is 22.0. The Morgan fingerprint density at radius 2 is 0.388 bits per heavy atom. The quantitative estimate of drug-likeness (QED) is 0.0495. The van der Waals surface area contributed by atoms with Gasteiger partial charge in [-0.1, -0.05) is 215 Å². The maximum absolute atomic E-state index is 5.90. The van der Waals surface area contributed by atoms with Crippen LogP contribution in [0.1, 0.15) is 55.6 Å². The molecule has 0 aliphatic carbocycles. The fourth-order valence-electron chi connectivity index (χ4n) is 9.76. The summed E-state index contributed by atoms with van der Waals surface area (Å²) in [5.74, 6) is 5.69. The van der Waals surface area contributed by atoms with Gasteiger partial charge >= 0.3 is 39.0 Å². The molecule has 398 valence electrons. The molecule has 80 heavy (non-hydrogen) atoms. The van der Waals surface area contributed by atoms with Crippen molar-refractivity contribution in [2.75, 3.05) is 11.8 Å². The van der Waals surface area contributed by atoms with E-state index in [0.29, 0.717) is 0 Å². The molecule has 0 radical (unpaired) electrons. The van der Waals surface area contributed by atoms with Gasteiger partial charge in [0.15, 0.2) is 11.8 Å². The Kier molecular flexibility index (Phi) is 29.7. The van der Waals surface area contributed by atoms with Crippen LogP contribution in [0, 0.1) is 93.9 Å². The van der Waals surface area contributed by atoms with Crippen molar-refractivity contribution in [2.45, 2.75) is 69.2 Å². The second-order valence-corrected chi connectivity index (χ2v) is 31.0. The fraction of sp³-hybridized carbons (Fsp3) is 0.162. The van der Waals surface area contributed by atoms with Gasteiger partial charge in [-0.05, 0) is 97.1 Å². The van der Waals surface area contributed by atoms with Gasteiger partial charge in [-0.15, -0.1) is 0 Å². The predicted octanol–water partition coefficient (Wildman–Crippen LogP) is 15.4. The predicted molar refractivity (Wildman–Crippen MR) is 357 cm³/mol. The molecule has 0 saturated carbocycles. The molecular formula is C74H78P4Ru2+12. The summed E-state index contributed by atoms with van der Waals surface area (Å²) < 4.78 is 0. The van der Waals surface area contributed by atoms with Crippen LogP contribution in [0.5, 0.6) is 0 Å². The molecule has 0 N–H and O–H groups in total. The van der Waals surface area contributed by atoms with Gasteiger partial charge in [-0.2, -0.15) is 55.6 Å². The van der Waals surface area contributed by atoms with E-state index in [1.807, 2.05) is 0 Å². The Balaban J connectivity index is 0.000000242. The summed E-state index contributed by atoms with van der Waals surface area (Å²) in [6, 6.07) is 88.9. The number of hydrogen-bond acceptors (Lipinski definition) is 0. The Hall–Kier alpha value is -5.45. The van der Waals surface area contributed by atoms with E-state index in [4.69, 9.17) is 12.8 Å². The molecule has 10 aromatic carbocycles. The summed E-state index contributed by atoms with van der Waals surface area (Å²) in [5.41, 5.74) is 14.7. The largest absolute Gasteiger partial charge is 6.00 e. The SMILES string of the molecule is Cc1c(C)c(C)[c-](C)c1C.Cc1c(C)c(C)[c-](C)c1C.[C-]#CC#[C-].[Ru+6].[Ru+6].c1ccc([PH+](C[PH+](c2ccccc2)c2ccccc2)c2ccccc2)cc1.c1ccc([PH+](C[PH+](c2ccccc2)c2ccccc2)c2ccccc2)cc1. The second kappa shape index (κ2) is 35.4. The average Bonchev–Trinajstić information content (AvgIpc) is 3.78. The normalized spacial score (nSPS) is 10.2. The Morgan fingerprint density at radius 1 is 0.263 bits per heavy atom. The van der Waals surface area contributed by atoms with Gasteiger partial charge < -0.3 is 24.7 Å². The molecule has 0 heterocycles. The molecule has 0 nitrogen and oxygen atoms in total. The van der Waals surface area contributed by atoms with Crippen molar-refractivity contribution in [1.29, 1.82) is 0 Å². The Morgan fingerprint density at radius 3 is 0.475 bits per heavy atom. The average molecular weight is 1290 g/mol. The molecule has 0 bridgehead atoms. The number of rotatable bonds is 12. The van der Waals surface area contributed by atoms with Gasteiger partial charge in [-0.3, -0.25) is 0 Å². The first-order valence-electron chi connectivity index (χ1n) is 26.9. The monoisotopic (exact) mass is 1290 g/mol. The number of benzene rings is 8. The molecule has 0 aromatic heterocycles. The minimum Gasteiger partial charge on any atom is -0.500 e. The molecule has 0 aliphatic rings. The smallest absolute Gasteiger partial charge is 0.500 e. The Bertz CT molecular complexity index is 2690. The first kappa shape index (κ1) is 67.1. The molecule has 0 spiro atoms. The van der Waals surface area contributed by atoms with E-state index in [9.17, 15) is 0 Å². The first-order valence-corrected chi connectivity index (χ1v) is 33.8. The van der Waals surface area contributed by atoms with Gasteiger partial charge in [0.1, 0.15) is 74.1 Å². The van der Waals surface area contributed by atoms with Crippen LogP contribution in [0.25, 0.3) is 0 Å². The second-order valence-electron chi connectivity index (χ2n) is 19.7. The van der Waals surface area contributed by atoms with Crippen molar-refractivity contribution in [3.05, 3.63) is 311 Å². The van der Waals surface area contributed by atoms with Crippen LogP contribution in [0.4, 0.5) is 0 Å². The van der Waals surface area contributed by atoms with Gasteiger partial charge in [-0.25, -0.2) is 0 Å². The van der Waals surface area contributed by atoms with Crippen LogP contribution in [0.2, 0.25) is 0 Å². The van der Waals surface area contributed by atoms with E-state index in [2.05, 4.69) is 312 Å². The van der Waals surface area contributed by atoms with E-state index < -0.39 is 31.7 Å². The van der Waals surface area contributed by atoms with Crippen molar-refractivity contribution in [1.82, 2.24) is 0 Å². The third kappa shape index (κ3) is 19.1. The summed E-state index contributed by atoms with van der Waals surface area (Å²) in [6.07, 6.45) is 11.8. The van der Waals surface area contributed by atoms with Crippen LogP contribution >= 0.6 is 31.7 Å². The zero-order chi connectivity index (χ0) is 55.8. The fourth-order valence-corrected chi connectivity index (χ4v) is 25.2. The molecule has 0 saturated heterocycles. The molecule has 0 aliphatic heterocycles. The molecule has 10 aromatic rings. The minimum absolute atomic E-state index is 0. The van der Waals surface area contributed by atoms with E-state index in [0.717, 1.165) is 0 Å². The van der Waals surface area contributed by atoms with Gasteiger partial charge in [0.25, 0.3) is 0 Å². The third-order valence-corrected chi connectivity index (χ3v) is 29.3. The minimum atomic E-state index is -0.847. The molecule has 0 amide bonds. The first-order chi connectivity index (χ1) is 37.9. The molecule has 0 fully saturated rings. The molecule has 6 heteroatoms. The molecule has 10 rings (SSSR count). The van der Waals surface area contributed by atoms with Crippen molar-refractivity contribution in [3.8, 4) is 11.8 Å². The third-order valence-electron chi connectivity index (χ3n) is 15.4. The summed E-state index contributed by atoms with van der Waals surface area (Å²) in [5, 5.41) is 12.0. The maximum Gasteiger partial charge on any atom is 6.00 e. The van der Waals surface area contributed by atoms with Crippen LogP contribution in [-0.4, -0.2) is 11.8 Å². The van der Waals surface area contributed by atoms with Gasteiger partial charge in [0.2, 0.25) is 0 Å². The van der Waals surface area contributed by atoms with Crippen molar-refractivity contribution >= 4 is 74.1 Å². The van der Waals surface area contributed by atoms with E-state index in [1.165, 1.54) is 110 Å². The van der Waals surface area contributed by atoms with Crippen LogP contribution in [0.3, 0.4) is 0 Å².